The second-order valence-electron chi connectivity index (χ2n) is 5.11. The normalized spacial score (nSPS) is 16.3. The molecule has 1 amide bonds. The summed E-state index contributed by atoms with van der Waals surface area (Å²) in [4.78, 5) is 14.0. The molecule has 0 aliphatic carbocycles. The molecule has 1 atom stereocenters. The van der Waals surface area contributed by atoms with E-state index in [1.165, 1.54) is 0 Å². The first kappa shape index (κ1) is 13.9. The van der Waals surface area contributed by atoms with Crippen LogP contribution in [0.1, 0.15) is 19.4 Å². The van der Waals surface area contributed by atoms with Crippen molar-refractivity contribution in [1.82, 2.24) is 0 Å². The molecule has 0 radical (unpaired) electrons. The van der Waals surface area contributed by atoms with Gasteiger partial charge in [0.25, 0.3) is 0 Å². The summed E-state index contributed by atoms with van der Waals surface area (Å²) in [6.45, 7) is 5.13. The fourth-order valence-electron chi connectivity index (χ4n) is 2.20. The van der Waals surface area contributed by atoms with Crippen LogP contribution < -0.4 is 4.90 Å². The minimum atomic E-state index is 0.180. The molecule has 98 valence electrons. The monoisotopic (exact) mass is 329 g/mol. The maximum atomic E-state index is 12.1. The Morgan fingerprint density at radius 1 is 1.44 bits per heavy atom. The molecule has 4 heteroatoms. The Kier molecular flexibility index (Phi) is 4.33. The molecule has 0 saturated heterocycles. The number of nitrogens with zero attached hydrogens (tertiary/aromatic N) is 1. The number of carbonyl (C=O) groups excluding carboxylic acids is 1. The van der Waals surface area contributed by atoms with Crippen LogP contribution in [0.4, 0.5) is 5.69 Å². The van der Waals surface area contributed by atoms with Gasteiger partial charge in [-0.05, 0) is 29.5 Å². The Hall–Kier alpha value is -0.540. The summed E-state index contributed by atoms with van der Waals surface area (Å²) in [6, 6.07) is 5.70. The van der Waals surface area contributed by atoms with E-state index in [1.54, 1.807) is 0 Å². The molecule has 1 aliphatic rings. The first-order valence-electron chi connectivity index (χ1n) is 6.17. The first-order valence-corrected chi connectivity index (χ1v) is 7.67. The summed E-state index contributed by atoms with van der Waals surface area (Å²) in [5.74, 6) is 1.18. The first-order chi connectivity index (χ1) is 8.52. The lowest BCUT2D eigenvalue weighted by Gasteiger charge is -2.26. The summed E-state index contributed by atoms with van der Waals surface area (Å²) >= 11 is 9.56. The maximum Gasteiger partial charge on any atom is 0.231 e. The molecule has 1 aromatic rings. The number of hydrogen-bond acceptors (Lipinski definition) is 1. The third-order valence-electron chi connectivity index (χ3n) is 3.54. The number of hydrogen-bond donors (Lipinski definition) is 0. The maximum absolute atomic E-state index is 12.1. The van der Waals surface area contributed by atoms with E-state index < -0.39 is 0 Å². The number of halogens is 2. The molecule has 1 unspecified atom stereocenters. The second-order valence-corrected chi connectivity index (χ2v) is 6.20. The lowest BCUT2D eigenvalue weighted by molar-refractivity contribution is -0.117. The van der Waals surface area contributed by atoms with E-state index in [2.05, 4.69) is 29.8 Å². The van der Waals surface area contributed by atoms with Crippen molar-refractivity contribution in [2.45, 2.75) is 20.3 Å². The van der Waals surface area contributed by atoms with Gasteiger partial charge in [0, 0.05) is 22.6 Å². The van der Waals surface area contributed by atoms with E-state index in [1.807, 2.05) is 23.1 Å². The molecule has 0 fully saturated rings. The minimum Gasteiger partial charge on any atom is -0.311 e. The van der Waals surface area contributed by atoms with E-state index in [0.29, 0.717) is 23.3 Å². The third-order valence-corrected chi connectivity index (χ3v) is 4.61. The number of benzene rings is 1. The van der Waals surface area contributed by atoms with Crippen LogP contribution in [0.2, 0.25) is 5.02 Å². The summed E-state index contributed by atoms with van der Waals surface area (Å²) in [7, 11) is 0. The molecule has 1 aliphatic heterocycles. The van der Waals surface area contributed by atoms with Gasteiger partial charge in [-0.1, -0.05) is 47.4 Å². The van der Waals surface area contributed by atoms with Gasteiger partial charge in [0.1, 0.15) is 0 Å². The van der Waals surface area contributed by atoms with Gasteiger partial charge in [-0.25, -0.2) is 0 Å². The number of carbonyl (C=O) groups is 1. The topological polar surface area (TPSA) is 20.3 Å². The molecule has 0 aromatic heterocycles. The van der Waals surface area contributed by atoms with Crippen molar-refractivity contribution in [3.8, 4) is 0 Å². The number of rotatable bonds is 4. The molecule has 0 N–H and O–H groups in total. The van der Waals surface area contributed by atoms with Crippen molar-refractivity contribution >= 4 is 39.1 Å². The van der Waals surface area contributed by atoms with Gasteiger partial charge in [0.2, 0.25) is 5.91 Å². The van der Waals surface area contributed by atoms with Gasteiger partial charge in [0.15, 0.2) is 0 Å². The van der Waals surface area contributed by atoms with Gasteiger partial charge in [-0.2, -0.15) is 0 Å². The Balaban J connectivity index is 2.24. The van der Waals surface area contributed by atoms with Crippen LogP contribution >= 0.6 is 27.5 Å². The summed E-state index contributed by atoms with van der Waals surface area (Å²) in [6.07, 6.45) is 0.500. The highest BCUT2D eigenvalue weighted by Gasteiger charge is 2.29. The lowest BCUT2D eigenvalue weighted by atomic mass is 9.97. The van der Waals surface area contributed by atoms with Gasteiger partial charge in [0.05, 0.1) is 6.42 Å². The molecule has 2 rings (SSSR count). The quantitative estimate of drug-likeness (QED) is 0.767. The van der Waals surface area contributed by atoms with Crippen molar-refractivity contribution in [1.29, 1.82) is 0 Å². The second kappa shape index (κ2) is 5.62. The van der Waals surface area contributed by atoms with E-state index in [0.717, 1.165) is 23.1 Å². The van der Waals surface area contributed by atoms with Gasteiger partial charge in [-0.15, -0.1) is 0 Å². The van der Waals surface area contributed by atoms with E-state index >= 15 is 0 Å². The lowest BCUT2D eigenvalue weighted by Crippen LogP contribution is -2.34. The van der Waals surface area contributed by atoms with Gasteiger partial charge >= 0.3 is 0 Å². The predicted molar refractivity (Wildman–Crippen MR) is 79.6 cm³/mol. The van der Waals surface area contributed by atoms with Crippen LogP contribution in [0.5, 0.6) is 0 Å². The Morgan fingerprint density at radius 3 is 2.78 bits per heavy atom. The van der Waals surface area contributed by atoms with Crippen molar-refractivity contribution < 1.29 is 4.79 Å². The zero-order chi connectivity index (χ0) is 13.3. The van der Waals surface area contributed by atoms with Crippen LogP contribution in [0.15, 0.2) is 18.2 Å². The van der Waals surface area contributed by atoms with E-state index in [-0.39, 0.29) is 5.91 Å². The fourth-order valence-corrected chi connectivity index (χ4v) is 3.32. The highest BCUT2D eigenvalue weighted by molar-refractivity contribution is 9.09. The number of alkyl halides is 1. The van der Waals surface area contributed by atoms with Crippen LogP contribution in [0.3, 0.4) is 0 Å². The van der Waals surface area contributed by atoms with E-state index in [9.17, 15) is 4.79 Å². The largest absolute Gasteiger partial charge is 0.311 e. The van der Waals surface area contributed by atoms with Crippen molar-refractivity contribution in [2.24, 2.45) is 11.8 Å². The van der Waals surface area contributed by atoms with Gasteiger partial charge < -0.3 is 4.90 Å². The Labute approximate surface area is 121 Å². The molecule has 2 nitrogen and oxygen atoms in total. The number of fused-ring (bicyclic) bond motifs is 1. The minimum absolute atomic E-state index is 0.180. The van der Waals surface area contributed by atoms with Crippen LogP contribution in [0.25, 0.3) is 0 Å². The predicted octanol–water partition coefficient (Wildman–Crippen LogP) is 3.90. The van der Waals surface area contributed by atoms with Crippen molar-refractivity contribution in [3.63, 3.8) is 0 Å². The van der Waals surface area contributed by atoms with Crippen molar-refractivity contribution in [2.75, 3.05) is 16.8 Å². The molecular weight excluding hydrogens is 314 g/mol. The SMILES string of the molecule is CC(C)C(CBr)CN1C(=O)Cc2ccc(Cl)cc21. The average Bonchev–Trinajstić information content (AvgIpc) is 2.61. The number of amides is 1. The van der Waals surface area contributed by atoms with Crippen molar-refractivity contribution in [3.05, 3.63) is 28.8 Å². The molecular formula is C14H17BrClNO. The Bertz CT molecular complexity index is 461. The fraction of sp³-hybridized carbons (Fsp3) is 0.500. The Morgan fingerprint density at radius 2 is 2.17 bits per heavy atom. The molecule has 0 spiro atoms. The highest BCUT2D eigenvalue weighted by atomic mass is 79.9. The van der Waals surface area contributed by atoms with E-state index in [4.69, 9.17) is 11.6 Å². The molecule has 0 bridgehead atoms. The molecule has 18 heavy (non-hydrogen) atoms. The molecule has 1 aromatic carbocycles. The smallest absolute Gasteiger partial charge is 0.231 e. The van der Waals surface area contributed by atoms with Gasteiger partial charge in [-0.3, -0.25) is 4.79 Å². The third kappa shape index (κ3) is 2.72. The summed E-state index contributed by atoms with van der Waals surface area (Å²) in [5, 5.41) is 1.60. The van der Waals surface area contributed by atoms with Crippen LogP contribution in [-0.2, 0) is 11.2 Å². The average molecular weight is 331 g/mol. The zero-order valence-electron chi connectivity index (χ0n) is 10.6. The summed E-state index contributed by atoms with van der Waals surface area (Å²) < 4.78 is 0. The molecule has 1 heterocycles. The number of anilines is 1. The molecule has 0 saturated carbocycles. The zero-order valence-corrected chi connectivity index (χ0v) is 13.0. The standard InChI is InChI=1S/C14H17BrClNO/c1-9(2)11(7-15)8-17-13-6-12(16)4-3-10(13)5-14(17)18/h3-4,6,9,11H,5,7-8H2,1-2H3. The van der Waals surface area contributed by atoms with Crippen LogP contribution in [-0.4, -0.2) is 17.8 Å². The highest BCUT2D eigenvalue weighted by Crippen LogP contribution is 2.33. The summed E-state index contributed by atoms with van der Waals surface area (Å²) in [5.41, 5.74) is 2.07. The van der Waals surface area contributed by atoms with Crippen LogP contribution in [0, 0.1) is 11.8 Å².